The summed E-state index contributed by atoms with van der Waals surface area (Å²) in [6.07, 6.45) is 0. The Kier molecular flexibility index (Phi) is 4.94. The van der Waals surface area contributed by atoms with E-state index in [2.05, 4.69) is 20.9 Å². The second-order valence-corrected chi connectivity index (χ2v) is 8.44. The van der Waals surface area contributed by atoms with Gasteiger partial charge in [0.25, 0.3) is 0 Å². The molecule has 0 atom stereocenters. The van der Waals surface area contributed by atoms with Gasteiger partial charge in [0.2, 0.25) is 10.0 Å². The van der Waals surface area contributed by atoms with E-state index in [9.17, 15) is 8.42 Å². The van der Waals surface area contributed by atoms with Crippen LogP contribution < -0.4 is 9.88 Å². The number of rotatable bonds is 4. The third kappa shape index (κ3) is 3.95. The molecule has 0 aliphatic heterocycles. The monoisotopic (exact) mass is 410 g/mol. The molecular formula is C12H12BrClN2O3S2. The van der Waals surface area contributed by atoms with E-state index in [4.69, 9.17) is 21.5 Å². The van der Waals surface area contributed by atoms with Crippen LogP contribution in [0.15, 0.2) is 21.5 Å². The van der Waals surface area contributed by atoms with Crippen LogP contribution >= 0.6 is 38.9 Å². The molecule has 2 aromatic rings. The molecule has 0 saturated carbocycles. The Balaban J connectivity index is 2.35. The Morgan fingerprint density at radius 1 is 1.43 bits per heavy atom. The Bertz CT molecular complexity index is 771. The molecule has 1 aromatic carbocycles. The van der Waals surface area contributed by atoms with Gasteiger partial charge in [-0.25, -0.2) is 18.5 Å². The summed E-state index contributed by atoms with van der Waals surface area (Å²) in [6.45, 7) is 3.99. The molecule has 0 unspecified atom stereocenters. The highest BCUT2D eigenvalue weighted by atomic mass is 79.9. The van der Waals surface area contributed by atoms with E-state index >= 15 is 0 Å². The van der Waals surface area contributed by atoms with Crippen LogP contribution in [0.4, 0.5) is 0 Å². The molecule has 5 nitrogen and oxygen atoms in total. The van der Waals surface area contributed by atoms with Gasteiger partial charge in [-0.1, -0.05) is 27.5 Å². The van der Waals surface area contributed by atoms with Crippen molar-refractivity contribution in [3.8, 4) is 5.75 Å². The first-order chi connectivity index (χ1) is 9.68. The van der Waals surface area contributed by atoms with Crippen molar-refractivity contribution >= 4 is 48.9 Å². The number of hydrogen-bond donors (Lipinski definition) is 1. The van der Waals surface area contributed by atoms with Gasteiger partial charge in [0.05, 0.1) is 10.7 Å². The molecule has 0 saturated heterocycles. The van der Waals surface area contributed by atoms with E-state index in [0.29, 0.717) is 4.47 Å². The smallest absolute Gasteiger partial charge is 0.241 e. The number of ether oxygens (including phenoxy) is 1. The van der Waals surface area contributed by atoms with Crippen molar-refractivity contribution < 1.29 is 13.2 Å². The Morgan fingerprint density at radius 3 is 2.62 bits per heavy atom. The van der Waals surface area contributed by atoms with Gasteiger partial charge in [-0.2, -0.15) is 0 Å². The van der Waals surface area contributed by atoms with Gasteiger partial charge in [0.1, 0.15) is 16.5 Å². The number of sulfonamides is 1. The highest BCUT2D eigenvalue weighted by Crippen LogP contribution is 2.35. The van der Waals surface area contributed by atoms with E-state index in [0.717, 1.165) is 15.6 Å². The molecule has 0 bridgehead atoms. The fourth-order valence-electron chi connectivity index (χ4n) is 1.62. The van der Waals surface area contributed by atoms with E-state index in [1.165, 1.54) is 17.4 Å². The van der Waals surface area contributed by atoms with Crippen LogP contribution in [-0.4, -0.2) is 13.4 Å². The summed E-state index contributed by atoms with van der Waals surface area (Å²) in [4.78, 5) is 5.25. The molecule has 9 heteroatoms. The van der Waals surface area contributed by atoms with Crippen LogP contribution in [0.25, 0.3) is 0 Å². The zero-order valence-electron chi connectivity index (χ0n) is 11.2. The number of aryl methyl sites for hydroxylation is 2. The molecule has 2 N–H and O–H groups in total. The molecule has 1 heterocycles. The van der Waals surface area contributed by atoms with Gasteiger partial charge in [-0.05, 0) is 26.0 Å². The van der Waals surface area contributed by atoms with Crippen LogP contribution in [-0.2, 0) is 16.6 Å². The van der Waals surface area contributed by atoms with Gasteiger partial charge >= 0.3 is 0 Å². The standard InChI is InChI=1S/C12H12BrClN2O3S2/c1-6-7(2)20-11(16-6)5-19-12-9(14)3-8(13)4-10(12)21(15,17)18/h3-4H,5H2,1-2H3,(H2,15,17,18). The summed E-state index contributed by atoms with van der Waals surface area (Å²) in [5.41, 5.74) is 0.923. The first kappa shape index (κ1) is 16.7. The van der Waals surface area contributed by atoms with Crippen LogP contribution in [0.2, 0.25) is 5.02 Å². The molecule has 114 valence electrons. The van der Waals surface area contributed by atoms with Crippen molar-refractivity contribution in [2.24, 2.45) is 5.14 Å². The van der Waals surface area contributed by atoms with Gasteiger partial charge < -0.3 is 4.74 Å². The minimum absolute atomic E-state index is 0.0351. The summed E-state index contributed by atoms with van der Waals surface area (Å²) < 4.78 is 29.3. The number of halogens is 2. The zero-order valence-corrected chi connectivity index (χ0v) is 15.2. The first-order valence-electron chi connectivity index (χ1n) is 5.76. The van der Waals surface area contributed by atoms with Crippen molar-refractivity contribution in [1.29, 1.82) is 0 Å². The lowest BCUT2D eigenvalue weighted by atomic mass is 10.3. The van der Waals surface area contributed by atoms with Crippen LogP contribution in [0.3, 0.4) is 0 Å². The number of nitrogens with two attached hydrogens (primary N) is 1. The molecule has 0 aliphatic rings. The average Bonchev–Trinajstić information content (AvgIpc) is 2.65. The molecular weight excluding hydrogens is 400 g/mol. The number of hydrogen-bond acceptors (Lipinski definition) is 5. The topological polar surface area (TPSA) is 82.3 Å². The molecule has 0 amide bonds. The summed E-state index contributed by atoms with van der Waals surface area (Å²) in [5, 5.41) is 6.10. The van der Waals surface area contributed by atoms with E-state index < -0.39 is 10.0 Å². The SMILES string of the molecule is Cc1nc(COc2c(Cl)cc(Br)cc2S(N)(=O)=O)sc1C. The van der Waals surface area contributed by atoms with Crippen molar-refractivity contribution in [3.05, 3.63) is 37.2 Å². The van der Waals surface area contributed by atoms with Crippen LogP contribution in [0.1, 0.15) is 15.6 Å². The van der Waals surface area contributed by atoms with E-state index in [-0.39, 0.29) is 22.3 Å². The second kappa shape index (κ2) is 6.21. The second-order valence-electron chi connectivity index (χ2n) is 4.30. The largest absolute Gasteiger partial charge is 0.483 e. The Labute approximate surface area is 140 Å². The highest BCUT2D eigenvalue weighted by Gasteiger charge is 2.20. The number of benzene rings is 1. The third-order valence-corrected chi connectivity index (χ3v) is 5.39. The third-order valence-electron chi connectivity index (χ3n) is 2.69. The fourth-order valence-corrected chi connectivity index (χ4v) is 4.26. The Morgan fingerprint density at radius 2 is 2.10 bits per heavy atom. The number of aromatic nitrogens is 1. The normalized spacial score (nSPS) is 11.7. The summed E-state index contributed by atoms with van der Waals surface area (Å²) in [6, 6.07) is 2.90. The first-order valence-corrected chi connectivity index (χ1v) is 9.29. The predicted octanol–water partition coefficient (Wildman–Crippen LogP) is 3.40. The molecule has 0 radical (unpaired) electrons. The summed E-state index contributed by atoms with van der Waals surface area (Å²) >= 11 is 10.7. The van der Waals surface area contributed by atoms with Crippen LogP contribution in [0.5, 0.6) is 5.75 Å². The lowest BCUT2D eigenvalue weighted by Gasteiger charge is -2.11. The van der Waals surface area contributed by atoms with Crippen molar-refractivity contribution in [3.63, 3.8) is 0 Å². The zero-order chi connectivity index (χ0) is 15.8. The maximum absolute atomic E-state index is 11.6. The van der Waals surface area contributed by atoms with Crippen molar-refractivity contribution in [2.75, 3.05) is 0 Å². The Hall–Kier alpha value is -0.670. The molecule has 21 heavy (non-hydrogen) atoms. The van der Waals surface area contributed by atoms with Gasteiger partial charge in [-0.3, -0.25) is 0 Å². The molecule has 0 aliphatic carbocycles. The number of primary sulfonamides is 1. The maximum Gasteiger partial charge on any atom is 0.241 e. The minimum atomic E-state index is -3.94. The maximum atomic E-state index is 11.6. The lowest BCUT2D eigenvalue weighted by molar-refractivity contribution is 0.297. The lowest BCUT2D eigenvalue weighted by Crippen LogP contribution is -2.14. The average molecular weight is 412 g/mol. The van der Waals surface area contributed by atoms with E-state index in [1.807, 2.05) is 13.8 Å². The summed E-state index contributed by atoms with van der Waals surface area (Å²) in [5.74, 6) is 0.0351. The minimum Gasteiger partial charge on any atom is -0.483 e. The molecule has 0 fully saturated rings. The predicted molar refractivity (Wildman–Crippen MR) is 86.4 cm³/mol. The molecule has 0 spiro atoms. The van der Waals surface area contributed by atoms with E-state index in [1.54, 1.807) is 6.07 Å². The van der Waals surface area contributed by atoms with Crippen LogP contribution in [0, 0.1) is 13.8 Å². The van der Waals surface area contributed by atoms with Crippen molar-refractivity contribution in [1.82, 2.24) is 4.98 Å². The molecule has 2 rings (SSSR count). The molecule has 1 aromatic heterocycles. The van der Waals surface area contributed by atoms with Gasteiger partial charge in [0.15, 0.2) is 5.75 Å². The fraction of sp³-hybridized carbons (Fsp3) is 0.250. The van der Waals surface area contributed by atoms with Gasteiger partial charge in [-0.15, -0.1) is 11.3 Å². The highest BCUT2D eigenvalue weighted by molar-refractivity contribution is 9.10. The summed E-state index contributed by atoms with van der Waals surface area (Å²) in [7, 11) is -3.94. The number of thiazole rings is 1. The van der Waals surface area contributed by atoms with Gasteiger partial charge in [0, 0.05) is 9.35 Å². The number of nitrogens with zero attached hydrogens (tertiary/aromatic N) is 1. The quantitative estimate of drug-likeness (QED) is 0.836. The van der Waals surface area contributed by atoms with Crippen molar-refractivity contribution in [2.45, 2.75) is 25.3 Å².